The van der Waals surface area contributed by atoms with Crippen LogP contribution in [0.2, 0.25) is 0 Å². The van der Waals surface area contributed by atoms with Crippen LogP contribution >= 0.6 is 0 Å². The third-order valence-electron chi connectivity index (χ3n) is 4.08. The van der Waals surface area contributed by atoms with Gasteiger partial charge in [0.15, 0.2) is 6.10 Å². The van der Waals surface area contributed by atoms with Crippen LogP contribution < -0.4 is 0 Å². The van der Waals surface area contributed by atoms with Crippen molar-refractivity contribution in [2.45, 2.75) is 19.1 Å². The molecular weight excluding hydrogens is 334 g/mol. The van der Waals surface area contributed by atoms with Crippen LogP contribution in [0.3, 0.4) is 0 Å². The highest BCUT2D eigenvalue weighted by Crippen LogP contribution is 2.23. The Labute approximate surface area is 150 Å². The zero-order valence-electron chi connectivity index (χ0n) is 14.3. The molecule has 134 valence electrons. The van der Waals surface area contributed by atoms with Crippen LogP contribution in [-0.4, -0.2) is 34.9 Å². The lowest BCUT2D eigenvalue weighted by Gasteiger charge is -2.07. The van der Waals surface area contributed by atoms with Crippen molar-refractivity contribution in [1.29, 1.82) is 0 Å². The molecule has 26 heavy (non-hydrogen) atoms. The number of nitrogens with zero attached hydrogens (tertiary/aromatic N) is 1. The fraction of sp³-hybridized carbons (Fsp3) is 0.200. The summed E-state index contributed by atoms with van der Waals surface area (Å²) in [7, 11) is 1.22. The van der Waals surface area contributed by atoms with E-state index in [0.717, 1.165) is 10.9 Å². The number of ether oxygens (including phenoxy) is 2. The molecule has 6 heteroatoms. The van der Waals surface area contributed by atoms with Crippen molar-refractivity contribution in [2.24, 2.45) is 0 Å². The van der Waals surface area contributed by atoms with Gasteiger partial charge >= 0.3 is 12.1 Å². The van der Waals surface area contributed by atoms with Crippen LogP contribution in [0.4, 0.5) is 4.79 Å². The van der Waals surface area contributed by atoms with Gasteiger partial charge in [-0.05, 0) is 17.2 Å². The molecule has 1 N–H and O–H groups in total. The summed E-state index contributed by atoms with van der Waals surface area (Å²) in [6.07, 6.45) is -0.181. The molecule has 0 saturated heterocycles. The summed E-state index contributed by atoms with van der Waals surface area (Å²) in [4.78, 5) is 24.0. The minimum atomic E-state index is -1.29. The van der Waals surface area contributed by atoms with Gasteiger partial charge < -0.3 is 14.6 Å². The number of methoxy groups -OCH3 is 1. The van der Waals surface area contributed by atoms with E-state index in [2.05, 4.69) is 4.74 Å². The number of benzene rings is 2. The monoisotopic (exact) mass is 353 g/mol. The maximum absolute atomic E-state index is 12.5. The van der Waals surface area contributed by atoms with Crippen LogP contribution in [0.1, 0.15) is 11.1 Å². The Balaban J connectivity index is 1.84. The topological polar surface area (TPSA) is 77.8 Å². The van der Waals surface area contributed by atoms with Crippen LogP contribution in [0.15, 0.2) is 60.8 Å². The van der Waals surface area contributed by atoms with Crippen molar-refractivity contribution in [3.63, 3.8) is 0 Å². The number of carbonyl (C=O) groups is 2. The van der Waals surface area contributed by atoms with Crippen molar-refractivity contribution in [2.75, 3.05) is 7.11 Å². The molecule has 1 atom stereocenters. The van der Waals surface area contributed by atoms with E-state index in [4.69, 9.17) is 4.74 Å². The molecule has 0 spiro atoms. The average molecular weight is 353 g/mol. The van der Waals surface area contributed by atoms with E-state index in [1.165, 1.54) is 11.7 Å². The highest BCUT2D eigenvalue weighted by Gasteiger charge is 2.21. The summed E-state index contributed by atoms with van der Waals surface area (Å²) in [5.41, 5.74) is 2.20. The molecular formula is C20H19NO5. The first-order chi connectivity index (χ1) is 12.6. The Morgan fingerprint density at radius 3 is 2.50 bits per heavy atom. The highest BCUT2D eigenvalue weighted by molar-refractivity contribution is 5.92. The first-order valence-corrected chi connectivity index (χ1v) is 8.16. The van der Waals surface area contributed by atoms with Crippen molar-refractivity contribution < 1.29 is 24.2 Å². The zero-order valence-corrected chi connectivity index (χ0v) is 14.3. The number of aliphatic hydroxyl groups excluding tert-OH is 1. The number of aromatic nitrogens is 1. The third kappa shape index (κ3) is 3.75. The van der Waals surface area contributed by atoms with Gasteiger partial charge in [0.2, 0.25) is 0 Å². The number of para-hydroxylation sites is 1. The van der Waals surface area contributed by atoms with E-state index in [1.807, 2.05) is 48.5 Å². The van der Waals surface area contributed by atoms with Crippen molar-refractivity contribution in [1.82, 2.24) is 4.57 Å². The van der Waals surface area contributed by atoms with Gasteiger partial charge in [-0.2, -0.15) is 0 Å². The lowest BCUT2D eigenvalue weighted by Crippen LogP contribution is -2.24. The largest absolute Gasteiger partial charge is 0.467 e. The number of aliphatic hydroxyl groups is 1. The normalized spacial score (nSPS) is 11.9. The van der Waals surface area contributed by atoms with Gasteiger partial charge in [-0.3, -0.25) is 4.57 Å². The van der Waals surface area contributed by atoms with Gasteiger partial charge in [0, 0.05) is 18.0 Å². The Morgan fingerprint density at radius 1 is 1.08 bits per heavy atom. The van der Waals surface area contributed by atoms with Gasteiger partial charge in [-0.25, -0.2) is 9.59 Å². The quantitative estimate of drug-likeness (QED) is 0.714. The molecule has 3 rings (SSSR count). The SMILES string of the molecule is COC(=O)C(O)Cc1cn(C(=O)OCc2ccccc2)c2ccccc12. The smallest absolute Gasteiger partial charge is 0.418 e. The number of carbonyl (C=O) groups excluding carboxylic acids is 2. The maximum Gasteiger partial charge on any atom is 0.418 e. The average Bonchev–Trinajstić information content (AvgIpc) is 3.05. The summed E-state index contributed by atoms with van der Waals surface area (Å²) in [6.45, 7) is 0.159. The Bertz CT molecular complexity index is 916. The predicted octanol–water partition coefficient (Wildman–Crippen LogP) is 2.90. The molecule has 0 fully saturated rings. The van der Waals surface area contributed by atoms with Crippen molar-refractivity contribution in [3.8, 4) is 0 Å². The molecule has 2 aromatic carbocycles. The van der Waals surface area contributed by atoms with E-state index in [-0.39, 0.29) is 13.0 Å². The van der Waals surface area contributed by atoms with Gasteiger partial charge in [0.1, 0.15) is 6.61 Å². The minimum Gasteiger partial charge on any atom is -0.467 e. The van der Waals surface area contributed by atoms with Crippen LogP contribution in [0.25, 0.3) is 10.9 Å². The zero-order chi connectivity index (χ0) is 18.5. The van der Waals surface area contributed by atoms with E-state index in [9.17, 15) is 14.7 Å². The third-order valence-corrected chi connectivity index (χ3v) is 4.08. The minimum absolute atomic E-state index is 0.0478. The first-order valence-electron chi connectivity index (χ1n) is 8.16. The fourth-order valence-corrected chi connectivity index (χ4v) is 2.78. The summed E-state index contributed by atoms with van der Waals surface area (Å²) in [5.74, 6) is -0.714. The molecule has 0 amide bonds. The summed E-state index contributed by atoms with van der Waals surface area (Å²) < 4.78 is 11.3. The maximum atomic E-state index is 12.5. The predicted molar refractivity (Wildman–Crippen MR) is 95.7 cm³/mol. The summed E-state index contributed by atoms with van der Waals surface area (Å²) in [6, 6.07) is 16.6. The standard InChI is InChI=1S/C20H19NO5/c1-25-19(23)18(22)11-15-12-21(17-10-6-5-9-16(15)17)20(24)26-13-14-7-3-2-4-8-14/h2-10,12,18,22H,11,13H2,1H3. The molecule has 0 aliphatic carbocycles. The van der Waals surface area contributed by atoms with Crippen LogP contribution in [0.5, 0.6) is 0 Å². The van der Waals surface area contributed by atoms with Crippen molar-refractivity contribution in [3.05, 3.63) is 71.9 Å². The molecule has 0 bridgehead atoms. The van der Waals surface area contributed by atoms with Crippen molar-refractivity contribution >= 4 is 23.0 Å². The Kier molecular flexibility index (Phi) is 5.34. The number of hydrogen-bond donors (Lipinski definition) is 1. The molecule has 3 aromatic rings. The highest BCUT2D eigenvalue weighted by atomic mass is 16.5. The first kappa shape index (κ1) is 17.7. The lowest BCUT2D eigenvalue weighted by molar-refractivity contribution is -0.150. The number of esters is 1. The Hall–Kier alpha value is -3.12. The molecule has 0 aliphatic heterocycles. The summed E-state index contributed by atoms with van der Waals surface area (Å²) >= 11 is 0. The number of rotatable bonds is 5. The van der Waals surface area contributed by atoms with Gasteiger partial charge in [-0.15, -0.1) is 0 Å². The molecule has 1 heterocycles. The molecule has 1 aromatic heterocycles. The summed E-state index contributed by atoms with van der Waals surface area (Å²) in [5, 5.41) is 10.7. The molecule has 0 radical (unpaired) electrons. The number of hydrogen-bond acceptors (Lipinski definition) is 5. The lowest BCUT2D eigenvalue weighted by atomic mass is 10.1. The van der Waals surface area contributed by atoms with E-state index in [0.29, 0.717) is 11.1 Å². The molecule has 1 unspecified atom stereocenters. The molecule has 0 aliphatic rings. The van der Waals surface area contributed by atoms with Crippen LogP contribution in [0, 0.1) is 0 Å². The van der Waals surface area contributed by atoms with E-state index in [1.54, 1.807) is 12.3 Å². The van der Waals surface area contributed by atoms with E-state index >= 15 is 0 Å². The molecule has 6 nitrogen and oxygen atoms in total. The van der Waals surface area contributed by atoms with Gasteiger partial charge in [0.25, 0.3) is 0 Å². The second-order valence-corrected chi connectivity index (χ2v) is 5.82. The van der Waals surface area contributed by atoms with Crippen LogP contribution in [-0.2, 0) is 27.3 Å². The Morgan fingerprint density at radius 2 is 1.77 bits per heavy atom. The van der Waals surface area contributed by atoms with Gasteiger partial charge in [0.05, 0.1) is 12.6 Å². The molecule has 0 saturated carbocycles. The second-order valence-electron chi connectivity index (χ2n) is 5.82. The van der Waals surface area contributed by atoms with Gasteiger partial charge in [-0.1, -0.05) is 48.5 Å². The van der Waals surface area contributed by atoms with E-state index < -0.39 is 18.2 Å². The number of fused-ring (bicyclic) bond motifs is 1. The second kappa shape index (κ2) is 7.84. The fourth-order valence-electron chi connectivity index (χ4n) is 2.78.